The van der Waals surface area contributed by atoms with Gasteiger partial charge < -0.3 is 9.47 Å². The van der Waals surface area contributed by atoms with Crippen molar-refractivity contribution in [2.45, 2.75) is 19.8 Å². The van der Waals surface area contributed by atoms with Gasteiger partial charge in [-0.15, -0.1) is 0 Å². The molecule has 0 amide bonds. The molecule has 30 heavy (non-hydrogen) atoms. The molecule has 0 aliphatic rings. The van der Waals surface area contributed by atoms with Crippen LogP contribution in [0.5, 0.6) is 11.5 Å². The predicted octanol–water partition coefficient (Wildman–Crippen LogP) is 4.52. The van der Waals surface area contributed by atoms with Crippen molar-refractivity contribution in [2.75, 3.05) is 19.1 Å². The molecule has 2 aromatic carbocycles. The molecule has 0 bridgehead atoms. The largest absolute Gasteiger partial charge is 0.493 e. The number of unbranched alkanes of at least 4 members (excludes halogenated alkanes) is 1. The molecule has 1 N–H and O–H groups in total. The van der Waals surface area contributed by atoms with Gasteiger partial charge in [-0.25, -0.2) is 0 Å². The maximum Gasteiger partial charge on any atom is 0.292 e. The zero-order valence-corrected chi connectivity index (χ0v) is 17.6. The smallest absolute Gasteiger partial charge is 0.292 e. The summed E-state index contributed by atoms with van der Waals surface area (Å²) in [6.07, 6.45) is 5.09. The van der Waals surface area contributed by atoms with E-state index in [-0.39, 0.29) is 5.02 Å². The number of anilines is 1. The highest BCUT2D eigenvalue weighted by Crippen LogP contribution is 2.27. The van der Waals surface area contributed by atoms with Crippen LogP contribution in [-0.2, 0) is 0 Å². The van der Waals surface area contributed by atoms with Gasteiger partial charge in [-0.05, 0) is 42.3 Å². The highest BCUT2D eigenvalue weighted by atomic mass is 35.5. The highest BCUT2D eigenvalue weighted by molar-refractivity contribution is 6.32. The summed E-state index contributed by atoms with van der Waals surface area (Å²) in [6.45, 7) is 2.75. The molecule has 3 aromatic rings. The first kappa shape index (κ1) is 21.4. The van der Waals surface area contributed by atoms with E-state index in [0.717, 1.165) is 18.4 Å². The fourth-order valence-corrected chi connectivity index (χ4v) is 2.82. The van der Waals surface area contributed by atoms with Gasteiger partial charge >= 0.3 is 0 Å². The van der Waals surface area contributed by atoms with Crippen molar-refractivity contribution in [1.29, 1.82) is 0 Å². The van der Waals surface area contributed by atoms with Gasteiger partial charge in [-0.2, -0.15) is 14.9 Å². The molecule has 0 fully saturated rings. The van der Waals surface area contributed by atoms with Crippen LogP contribution in [0.1, 0.15) is 25.3 Å². The lowest BCUT2D eigenvalue weighted by Gasteiger charge is -2.11. The molecule has 0 aliphatic carbocycles. The molecule has 1 aromatic heterocycles. The molecule has 7 nitrogen and oxygen atoms in total. The molecule has 0 saturated carbocycles. The Morgan fingerprint density at radius 1 is 1.20 bits per heavy atom. The van der Waals surface area contributed by atoms with E-state index >= 15 is 0 Å². The van der Waals surface area contributed by atoms with E-state index in [9.17, 15) is 4.79 Å². The number of halogens is 1. The molecule has 0 atom stereocenters. The van der Waals surface area contributed by atoms with E-state index in [1.165, 1.54) is 10.9 Å². The Morgan fingerprint density at radius 2 is 2.00 bits per heavy atom. The molecule has 0 unspecified atom stereocenters. The molecular formula is C22H23ClN4O3. The Morgan fingerprint density at radius 3 is 2.73 bits per heavy atom. The lowest BCUT2D eigenvalue weighted by Crippen LogP contribution is -2.22. The van der Waals surface area contributed by atoms with E-state index in [0.29, 0.717) is 29.5 Å². The second-order valence-electron chi connectivity index (χ2n) is 6.41. The Bertz CT molecular complexity index is 1070. The molecule has 156 valence electrons. The first-order valence-electron chi connectivity index (χ1n) is 9.57. The van der Waals surface area contributed by atoms with Crippen molar-refractivity contribution in [1.82, 2.24) is 9.78 Å². The number of hydrogen-bond acceptors (Lipinski definition) is 6. The zero-order chi connectivity index (χ0) is 21.3. The molecule has 0 radical (unpaired) electrons. The Labute approximate surface area is 179 Å². The Hall–Kier alpha value is -3.32. The summed E-state index contributed by atoms with van der Waals surface area (Å²) in [5.74, 6) is 1.31. The van der Waals surface area contributed by atoms with Gasteiger partial charge in [-0.1, -0.05) is 43.1 Å². The van der Waals surface area contributed by atoms with E-state index < -0.39 is 5.56 Å². The highest BCUT2D eigenvalue weighted by Gasteiger charge is 2.10. The number of para-hydroxylation sites is 1. The molecular weight excluding hydrogens is 404 g/mol. The van der Waals surface area contributed by atoms with Gasteiger partial charge in [-0.3, -0.25) is 10.2 Å². The van der Waals surface area contributed by atoms with E-state index in [4.69, 9.17) is 21.1 Å². The second-order valence-corrected chi connectivity index (χ2v) is 6.79. The number of nitrogens with zero attached hydrogens (tertiary/aromatic N) is 3. The predicted molar refractivity (Wildman–Crippen MR) is 119 cm³/mol. The Balaban J connectivity index is 1.72. The number of benzene rings is 2. The van der Waals surface area contributed by atoms with Crippen LogP contribution in [0, 0.1) is 0 Å². The van der Waals surface area contributed by atoms with E-state index in [1.807, 2.05) is 36.4 Å². The summed E-state index contributed by atoms with van der Waals surface area (Å²) in [5, 5.41) is 8.31. The lowest BCUT2D eigenvalue weighted by molar-refractivity contribution is 0.288. The summed E-state index contributed by atoms with van der Waals surface area (Å²) >= 11 is 6.21. The van der Waals surface area contributed by atoms with Crippen molar-refractivity contribution in [3.05, 3.63) is 75.7 Å². The summed E-state index contributed by atoms with van der Waals surface area (Å²) in [5.41, 5.74) is 4.08. The number of hydrazone groups is 1. The summed E-state index contributed by atoms with van der Waals surface area (Å²) in [4.78, 5) is 12.5. The first-order valence-corrected chi connectivity index (χ1v) is 9.95. The van der Waals surface area contributed by atoms with Gasteiger partial charge in [0, 0.05) is 0 Å². The lowest BCUT2D eigenvalue weighted by atomic mass is 10.2. The molecule has 8 heteroatoms. The monoisotopic (exact) mass is 426 g/mol. The fourth-order valence-electron chi connectivity index (χ4n) is 2.65. The minimum atomic E-state index is -0.432. The standard InChI is InChI=1S/C22H23ClN4O3/c1-3-4-12-30-19-11-10-16(13-20(19)29-2)14-24-26-18-15-25-27(22(28)21(18)23)17-8-6-5-7-9-17/h5-11,13-15,26H,3-4,12H2,1-2H3/b24-14+. The van der Waals surface area contributed by atoms with Gasteiger partial charge in [0.05, 0.1) is 31.8 Å². The third-order valence-corrected chi connectivity index (χ3v) is 4.63. The zero-order valence-electron chi connectivity index (χ0n) is 16.8. The normalized spacial score (nSPS) is 10.9. The quantitative estimate of drug-likeness (QED) is 0.309. The average molecular weight is 427 g/mol. The Kier molecular flexibility index (Phi) is 7.45. The molecule has 0 spiro atoms. The van der Waals surface area contributed by atoms with Crippen molar-refractivity contribution in [2.24, 2.45) is 5.10 Å². The SMILES string of the molecule is CCCCOc1ccc(/C=N/Nc2cnn(-c3ccccc3)c(=O)c2Cl)cc1OC. The van der Waals surface area contributed by atoms with E-state index in [1.54, 1.807) is 25.5 Å². The van der Waals surface area contributed by atoms with Crippen LogP contribution in [-0.4, -0.2) is 29.7 Å². The fraction of sp³-hybridized carbons (Fsp3) is 0.227. The third kappa shape index (κ3) is 5.18. The minimum absolute atomic E-state index is 0.00301. The van der Waals surface area contributed by atoms with E-state index in [2.05, 4.69) is 22.5 Å². The summed E-state index contributed by atoms with van der Waals surface area (Å²) in [6, 6.07) is 14.6. The summed E-state index contributed by atoms with van der Waals surface area (Å²) < 4.78 is 12.4. The number of ether oxygens (including phenoxy) is 2. The van der Waals surface area contributed by atoms with Gasteiger partial charge in [0.15, 0.2) is 11.5 Å². The van der Waals surface area contributed by atoms with Crippen LogP contribution in [0.2, 0.25) is 5.02 Å². The molecule has 0 aliphatic heterocycles. The summed E-state index contributed by atoms with van der Waals surface area (Å²) in [7, 11) is 1.59. The number of hydrogen-bond donors (Lipinski definition) is 1. The van der Waals surface area contributed by atoms with Crippen LogP contribution in [0.15, 0.2) is 64.6 Å². The number of rotatable bonds is 9. The van der Waals surface area contributed by atoms with Crippen LogP contribution < -0.4 is 20.5 Å². The average Bonchev–Trinajstić information content (AvgIpc) is 2.78. The molecule has 1 heterocycles. The maximum atomic E-state index is 12.5. The number of nitrogens with one attached hydrogen (secondary N) is 1. The molecule has 0 saturated heterocycles. The van der Waals surface area contributed by atoms with Crippen molar-refractivity contribution in [3.8, 4) is 17.2 Å². The van der Waals surface area contributed by atoms with Crippen molar-refractivity contribution < 1.29 is 9.47 Å². The van der Waals surface area contributed by atoms with Crippen LogP contribution in [0.25, 0.3) is 5.69 Å². The second kappa shape index (κ2) is 10.5. The first-order chi connectivity index (χ1) is 14.6. The van der Waals surface area contributed by atoms with Crippen molar-refractivity contribution >= 4 is 23.5 Å². The van der Waals surface area contributed by atoms with Crippen molar-refractivity contribution in [3.63, 3.8) is 0 Å². The molecule has 3 rings (SSSR count). The number of methoxy groups -OCH3 is 1. The third-order valence-electron chi connectivity index (χ3n) is 4.26. The van der Waals surface area contributed by atoms with Gasteiger partial charge in [0.2, 0.25) is 0 Å². The number of aromatic nitrogens is 2. The van der Waals surface area contributed by atoms with Gasteiger partial charge in [0.25, 0.3) is 5.56 Å². The topological polar surface area (TPSA) is 77.7 Å². The van der Waals surface area contributed by atoms with Crippen LogP contribution in [0.4, 0.5) is 5.69 Å². The van der Waals surface area contributed by atoms with Gasteiger partial charge in [0.1, 0.15) is 10.7 Å². The maximum absolute atomic E-state index is 12.5. The van der Waals surface area contributed by atoms with Crippen LogP contribution in [0.3, 0.4) is 0 Å². The minimum Gasteiger partial charge on any atom is -0.493 e. The van der Waals surface area contributed by atoms with Crippen LogP contribution >= 0.6 is 11.6 Å².